The van der Waals surface area contributed by atoms with Crippen molar-refractivity contribution in [1.29, 1.82) is 4.29 Å². The molecule has 0 unspecified atom stereocenters. The number of quaternary nitrogens is 1. The summed E-state index contributed by atoms with van der Waals surface area (Å²) in [6.45, 7) is 4.01. The number of hydrogen-bond donors (Lipinski definition) is 4. The van der Waals surface area contributed by atoms with E-state index < -0.39 is 35.7 Å². The molecule has 0 aromatic rings. The summed E-state index contributed by atoms with van der Waals surface area (Å²) in [5.74, 6) is -1.69. The Morgan fingerprint density at radius 2 is 1.81 bits per heavy atom. The quantitative estimate of drug-likeness (QED) is 0.363. The van der Waals surface area contributed by atoms with Gasteiger partial charge >= 0.3 is 10.2 Å². The van der Waals surface area contributed by atoms with Crippen LogP contribution < -0.4 is 5.71 Å². The number of carboxylic acids is 1. The van der Waals surface area contributed by atoms with Gasteiger partial charge in [0.15, 0.2) is 6.04 Å². The van der Waals surface area contributed by atoms with Crippen LogP contribution in [0.1, 0.15) is 20.8 Å². The maximum atomic E-state index is 11.1. The van der Waals surface area contributed by atoms with Gasteiger partial charge in [-0.2, -0.15) is 0 Å². The second-order valence-electron chi connectivity index (χ2n) is 3.28. The van der Waals surface area contributed by atoms with Crippen molar-refractivity contribution >= 4 is 17.8 Å². The number of aliphatic imine (C=N–C) groups is 2. The summed E-state index contributed by atoms with van der Waals surface area (Å²) in [5.41, 5.74) is -1.76. The normalized spacial score (nSPS) is 24.4. The van der Waals surface area contributed by atoms with E-state index in [2.05, 4.69) is 25.3 Å². The Hall–Kier alpha value is -1.63. The molecule has 0 heterocycles. The predicted molar refractivity (Wildman–Crippen MR) is 59.0 cm³/mol. The Balaban J connectivity index is 5.33. The van der Waals surface area contributed by atoms with Gasteiger partial charge in [-0.25, -0.2) is 14.8 Å². The maximum absolute atomic E-state index is 11.1. The molecule has 6 N–H and O–H groups in total. The van der Waals surface area contributed by atoms with Crippen molar-refractivity contribution in [2.24, 2.45) is 9.98 Å². The number of aliphatic hydroxyl groups excluding tert-OH is 2. The molecule has 7 heteroatoms. The lowest BCUT2D eigenvalue weighted by Crippen LogP contribution is -2.63. The standard InChI is InChI=1S/C9H17N3O4/c1-4(10)7(13)11-5(2)8(14)12-6(3)9(15)16/h4-6H,10H2,1-3H3,(H,11,13)(H,12,14)(H,15,16)/p+1/t4-,5-,6+/m0/s1/i/hD6. The SMILES string of the molecule is [2H]OC(=O)[C@@H](C)N=C(O[2H])[C@H](C)N=C(O[2H])[C@H](C)[N+]([2H])([2H])[2H]. The van der Waals surface area contributed by atoms with E-state index >= 15 is 0 Å². The molecule has 0 aromatic carbocycles. The van der Waals surface area contributed by atoms with E-state index in [1.54, 1.807) is 0 Å². The fourth-order valence-corrected chi connectivity index (χ4v) is 0.705. The monoisotopic (exact) mass is 238 g/mol. The van der Waals surface area contributed by atoms with E-state index in [9.17, 15) is 4.79 Å². The van der Waals surface area contributed by atoms with E-state index in [-0.39, 0.29) is 5.90 Å². The molecule has 0 spiro atoms. The second kappa shape index (κ2) is 6.06. The van der Waals surface area contributed by atoms with Crippen LogP contribution in [0.25, 0.3) is 4.29 Å². The Kier molecular flexibility index (Phi) is 2.59. The summed E-state index contributed by atoms with van der Waals surface area (Å²) in [5, 5.41) is 12.2. The summed E-state index contributed by atoms with van der Waals surface area (Å²) in [4.78, 5) is 18.6. The van der Waals surface area contributed by atoms with Gasteiger partial charge in [-0.3, -0.25) is 0 Å². The van der Waals surface area contributed by atoms with Crippen molar-refractivity contribution in [2.45, 2.75) is 38.9 Å². The zero-order chi connectivity index (χ0) is 17.5. The van der Waals surface area contributed by atoms with Gasteiger partial charge in [-0.1, -0.05) is 0 Å². The van der Waals surface area contributed by atoms with Gasteiger partial charge in [0.25, 0.3) is 4.29 Å². The van der Waals surface area contributed by atoms with Crippen molar-refractivity contribution in [3.05, 3.63) is 0 Å². The number of aliphatic hydroxyl groups is 2. The average Bonchev–Trinajstić information content (AvgIpc) is 2.46. The van der Waals surface area contributed by atoms with E-state index in [1.165, 1.54) is 20.8 Å². The van der Waals surface area contributed by atoms with Crippen LogP contribution >= 0.6 is 0 Å². The smallest absolute Gasteiger partial charge is 0.345 e. The summed E-state index contributed by atoms with van der Waals surface area (Å²) >= 11 is 0. The van der Waals surface area contributed by atoms with Crippen LogP contribution in [-0.4, -0.2) is 51.2 Å². The fourth-order valence-electron chi connectivity index (χ4n) is 0.705. The Morgan fingerprint density at radius 3 is 2.31 bits per heavy atom. The average molecular weight is 238 g/mol. The van der Waals surface area contributed by atoms with Gasteiger partial charge in [0.2, 0.25) is 11.8 Å². The molecule has 0 aliphatic carbocycles. The molecule has 0 saturated carbocycles. The highest BCUT2D eigenvalue weighted by Crippen LogP contribution is 1.98. The van der Waals surface area contributed by atoms with Crippen LogP contribution in [0.3, 0.4) is 0 Å². The lowest BCUT2D eigenvalue weighted by molar-refractivity contribution is -0.392. The summed E-state index contributed by atoms with van der Waals surface area (Å²) in [7, 11) is 0. The lowest BCUT2D eigenvalue weighted by atomic mass is 10.3. The van der Waals surface area contributed by atoms with E-state index in [0.717, 1.165) is 0 Å². The van der Waals surface area contributed by atoms with Crippen molar-refractivity contribution < 1.29 is 30.1 Å². The first-order chi connectivity index (χ1) is 10.1. The number of carboxylic acid groups (broad SMARTS) is 1. The molecule has 7 nitrogen and oxygen atoms in total. The molecular weight excluding hydrogens is 214 g/mol. The number of nitrogens with zero attached hydrogens (tertiary/aromatic N) is 2. The molecule has 0 fully saturated rings. The number of aliphatic carboxylic acids is 1. The molecule has 92 valence electrons. The van der Waals surface area contributed by atoms with E-state index in [4.69, 9.17) is 8.53 Å². The highest BCUT2D eigenvalue weighted by atomic mass is 16.4. The zero-order valence-electron chi connectivity index (χ0n) is 15.2. The highest BCUT2D eigenvalue weighted by Gasteiger charge is 2.16. The van der Waals surface area contributed by atoms with Crippen molar-refractivity contribution in [3.8, 4) is 0 Å². The van der Waals surface area contributed by atoms with Crippen LogP contribution in [-0.2, 0) is 4.79 Å². The van der Waals surface area contributed by atoms with Crippen LogP contribution in [0, 0.1) is 0 Å². The van der Waals surface area contributed by atoms with E-state index in [0.29, 0.717) is 0 Å². The summed E-state index contributed by atoms with van der Waals surface area (Å²) in [6, 6.07) is -3.29. The van der Waals surface area contributed by atoms with Gasteiger partial charge in [0.1, 0.15) is 12.1 Å². The van der Waals surface area contributed by atoms with Crippen LogP contribution in [0.2, 0.25) is 4.24 Å². The maximum Gasteiger partial charge on any atom is 0.345 e. The first-order valence-electron chi connectivity index (χ1n) is 7.20. The van der Waals surface area contributed by atoms with Gasteiger partial charge in [-0.05, 0) is 20.8 Å². The molecule has 0 aromatic heterocycles. The highest BCUT2D eigenvalue weighted by molar-refractivity contribution is 5.86. The predicted octanol–water partition coefficient (Wildman–Crippen LogP) is -0.609. The largest absolute Gasteiger partial charge is 0.495 e. The van der Waals surface area contributed by atoms with Crippen LogP contribution in [0.4, 0.5) is 0 Å². The minimum absolute atomic E-state index is 0.322. The second-order valence-corrected chi connectivity index (χ2v) is 3.28. The molecule has 3 atom stereocenters. The topological polar surface area (TPSA) is 130 Å². The number of rotatable bonds is 6. The molecule has 0 bridgehead atoms. The Bertz CT molecular complexity index is 442. The summed E-state index contributed by atoms with van der Waals surface area (Å²) < 4.78 is 41.9. The minimum atomic E-state index is -1.76. The number of carbonyl (C=O) groups is 1. The Labute approximate surface area is 102 Å². The molecule has 0 radical (unpaired) electrons. The molecule has 16 heavy (non-hydrogen) atoms. The van der Waals surface area contributed by atoms with Gasteiger partial charge in [0.05, 0.1) is 0 Å². The third-order valence-corrected chi connectivity index (χ3v) is 1.70. The summed E-state index contributed by atoms with van der Waals surface area (Å²) in [6.07, 6.45) is 0. The minimum Gasteiger partial charge on any atom is -0.495 e. The molecule has 0 amide bonds. The van der Waals surface area contributed by atoms with Crippen molar-refractivity contribution in [1.82, 2.24) is 0 Å². The zero-order valence-corrected chi connectivity index (χ0v) is 9.21. The molecule has 0 aliphatic rings. The van der Waals surface area contributed by atoms with Crippen LogP contribution in [0.15, 0.2) is 9.98 Å². The molecular formula is C9H18N3O4+. The molecule has 0 aliphatic heterocycles. The Morgan fingerprint density at radius 1 is 1.19 bits per heavy atom. The van der Waals surface area contributed by atoms with E-state index in [1.807, 2.05) is 0 Å². The van der Waals surface area contributed by atoms with Gasteiger partial charge < -0.3 is 21.0 Å². The van der Waals surface area contributed by atoms with Crippen molar-refractivity contribution in [3.63, 3.8) is 0 Å². The third kappa shape index (κ3) is 4.74. The van der Waals surface area contributed by atoms with Gasteiger partial charge in [0, 0.05) is 0 Å². The molecule has 0 saturated heterocycles. The van der Waals surface area contributed by atoms with Crippen LogP contribution in [0.5, 0.6) is 0 Å². The first-order valence-corrected chi connectivity index (χ1v) is 4.64. The lowest BCUT2D eigenvalue weighted by Gasteiger charge is -2.08. The first kappa shape index (κ1) is 6.85. The fraction of sp³-hybridized carbons (Fsp3) is 0.667. The molecule has 0 rings (SSSR count). The van der Waals surface area contributed by atoms with Crippen molar-refractivity contribution in [2.75, 3.05) is 0 Å². The van der Waals surface area contributed by atoms with Gasteiger partial charge in [-0.15, -0.1) is 0 Å². The third-order valence-electron chi connectivity index (χ3n) is 1.70. The number of hydrogen-bond acceptors (Lipinski definition) is 6.